The topological polar surface area (TPSA) is 56.7 Å². The van der Waals surface area contributed by atoms with E-state index in [-0.39, 0.29) is 0 Å². The van der Waals surface area contributed by atoms with Crippen LogP contribution in [0.4, 0.5) is 5.82 Å². The van der Waals surface area contributed by atoms with Gasteiger partial charge in [-0.3, -0.25) is 0 Å². The lowest BCUT2D eigenvalue weighted by Gasteiger charge is -2.13. The Kier molecular flexibility index (Phi) is 5.03. The van der Waals surface area contributed by atoms with E-state index in [2.05, 4.69) is 42.5 Å². The van der Waals surface area contributed by atoms with Gasteiger partial charge < -0.3 is 10.3 Å². The number of nitrogens with zero attached hydrogens (tertiary/aromatic N) is 3. The zero-order valence-corrected chi connectivity index (χ0v) is 15.0. The molecule has 0 radical (unpaired) electrons. The van der Waals surface area contributed by atoms with Gasteiger partial charge >= 0.3 is 0 Å². The Hall–Kier alpha value is -2.10. The van der Waals surface area contributed by atoms with E-state index in [4.69, 9.17) is 10.7 Å². The molecule has 0 aliphatic rings. The van der Waals surface area contributed by atoms with Crippen LogP contribution in [0, 0.1) is 5.92 Å². The van der Waals surface area contributed by atoms with Gasteiger partial charge in [0.25, 0.3) is 0 Å². The normalized spacial score (nSPS) is 11.8. The second kappa shape index (κ2) is 7.20. The number of fused-ring (bicyclic) bond motifs is 3. The molecular weight excluding hydrogens is 296 g/mol. The highest BCUT2D eigenvalue weighted by molar-refractivity contribution is 6.06. The lowest BCUT2D eigenvalue weighted by atomic mass is 10.1. The van der Waals surface area contributed by atoms with Gasteiger partial charge in [0.15, 0.2) is 5.82 Å². The number of benzene rings is 1. The molecule has 3 aromatic rings. The van der Waals surface area contributed by atoms with Crippen molar-refractivity contribution in [3.63, 3.8) is 0 Å². The molecule has 0 aliphatic heterocycles. The number of aryl methyl sites for hydroxylation is 1. The van der Waals surface area contributed by atoms with E-state index >= 15 is 0 Å². The predicted octanol–water partition coefficient (Wildman–Crippen LogP) is 4.95. The van der Waals surface area contributed by atoms with Crippen LogP contribution in [0.15, 0.2) is 24.3 Å². The van der Waals surface area contributed by atoms with E-state index < -0.39 is 0 Å². The van der Waals surface area contributed by atoms with Crippen molar-refractivity contribution in [2.75, 3.05) is 5.73 Å². The van der Waals surface area contributed by atoms with E-state index in [0.29, 0.717) is 11.7 Å². The van der Waals surface area contributed by atoms with Crippen molar-refractivity contribution >= 4 is 27.8 Å². The monoisotopic (exact) mass is 324 g/mol. The van der Waals surface area contributed by atoms with Crippen LogP contribution in [-0.2, 0) is 13.0 Å². The van der Waals surface area contributed by atoms with Crippen LogP contribution in [0.25, 0.3) is 21.9 Å². The molecular formula is C20H28N4. The highest BCUT2D eigenvalue weighted by Crippen LogP contribution is 2.30. The number of pyridine rings is 1. The highest BCUT2D eigenvalue weighted by atomic mass is 15.1. The lowest BCUT2D eigenvalue weighted by Crippen LogP contribution is -2.09. The molecule has 2 N–H and O–H groups in total. The third kappa shape index (κ3) is 3.23. The number of imidazole rings is 1. The summed E-state index contributed by atoms with van der Waals surface area (Å²) in [6.45, 7) is 7.71. The number of aromatic nitrogens is 3. The van der Waals surface area contributed by atoms with Gasteiger partial charge in [0.1, 0.15) is 11.3 Å². The first-order valence-electron chi connectivity index (χ1n) is 9.15. The molecule has 4 nitrogen and oxygen atoms in total. The van der Waals surface area contributed by atoms with E-state index in [1.54, 1.807) is 0 Å². The maximum absolute atomic E-state index is 6.22. The molecule has 0 saturated carbocycles. The Morgan fingerprint density at radius 1 is 1.08 bits per heavy atom. The van der Waals surface area contributed by atoms with Gasteiger partial charge in [-0.25, -0.2) is 9.97 Å². The van der Waals surface area contributed by atoms with E-state index in [0.717, 1.165) is 40.7 Å². The SMILES string of the molecule is CCCCCCc1nc2c(N)nc3ccccc3c2n1CC(C)C. The van der Waals surface area contributed by atoms with Crippen molar-refractivity contribution in [2.45, 2.75) is 59.4 Å². The highest BCUT2D eigenvalue weighted by Gasteiger charge is 2.17. The summed E-state index contributed by atoms with van der Waals surface area (Å²) in [4.78, 5) is 9.44. The standard InChI is InChI=1S/C20H28N4/c1-4-5-6-7-12-17-23-18-19(24(17)13-14(2)3)15-10-8-9-11-16(15)22-20(18)21/h8-11,14H,4-7,12-13H2,1-3H3,(H2,21,22). The van der Waals surface area contributed by atoms with Crippen molar-refractivity contribution in [1.29, 1.82) is 0 Å². The van der Waals surface area contributed by atoms with Crippen molar-refractivity contribution in [3.05, 3.63) is 30.1 Å². The minimum absolute atomic E-state index is 0.543. The van der Waals surface area contributed by atoms with E-state index in [1.807, 2.05) is 12.1 Å². The molecule has 0 bridgehead atoms. The number of hydrogen-bond donors (Lipinski definition) is 1. The Labute approximate surface area is 144 Å². The Bertz CT molecular complexity index is 832. The zero-order chi connectivity index (χ0) is 17.1. The molecule has 0 unspecified atom stereocenters. The van der Waals surface area contributed by atoms with Crippen LogP contribution in [0.2, 0.25) is 0 Å². The number of unbranched alkanes of at least 4 members (excludes halogenated alkanes) is 3. The zero-order valence-electron chi connectivity index (χ0n) is 15.0. The maximum atomic E-state index is 6.22. The molecule has 1 aromatic carbocycles. The molecule has 0 atom stereocenters. The van der Waals surface area contributed by atoms with Crippen molar-refractivity contribution in [2.24, 2.45) is 5.92 Å². The molecule has 128 valence electrons. The second-order valence-corrected chi connectivity index (χ2v) is 7.05. The largest absolute Gasteiger partial charge is 0.382 e. The number of hydrogen-bond acceptors (Lipinski definition) is 3. The number of para-hydroxylation sites is 1. The molecule has 0 fully saturated rings. The minimum Gasteiger partial charge on any atom is -0.382 e. The van der Waals surface area contributed by atoms with Gasteiger partial charge in [0.05, 0.1) is 11.0 Å². The van der Waals surface area contributed by atoms with Crippen LogP contribution >= 0.6 is 0 Å². The predicted molar refractivity (Wildman–Crippen MR) is 102 cm³/mol. The van der Waals surface area contributed by atoms with Crippen LogP contribution < -0.4 is 5.73 Å². The third-order valence-corrected chi connectivity index (χ3v) is 4.49. The fourth-order valence-corrected chi connectivity index (χ4v) is 3.37. The Morgan fingerprint density at radius 2 is 1.88 bits per heavy atom. The smallest absolute Gasteiger partial charge is 0.152 e. The number of anilines is 1. The summed E-state index contributed by atoms with van der Waals surface area (Å²) in [5, 5.41) is 1.15. The number of rotatable bonds is 7. The molecule has 4 heteroatoms. The van der Waals surface area contributed by atoms with Crippen LogP contribution in [-0.4, -0.2) is 14.5 Å². The minimum atomic E-state index is 0.543. The molecule has 2 heterocycles. The van der Waals surface area contributed by atoms with Gasteiger partial charge in [-0.05, 0) is 18.4 Å². The van der Waals surface area contributed by atoms with Crippen molar-refractivity contribution in [3.8, 4) is 0 Å². The Morgan fingerprint density at radius 3 is 2.62 bits per heavy atom. The number of nitrogens with two attached hydrogens (primary N) is 1. The van der Waals surface area contributed by atoms with Gasteiger partial charge in [-0.15, -0.1) is 0 Å². The summed E-state index contributed by atoms with van der Waals surface area (Å²) >= 11 is 0. The molecule has 24 heavy (non-hydrogen) atoms. The van der Waals surface area contributed by atoms with Crippen LogP contribution in [0.1, 0.15) is 52.3 Å². The molecule has 0 spiro atoms. The summed E-state index contributed by atoms with van der Waals surface area (Å²) < 4.78 is 2.38. The quantitative estimate of drug-likeness (QED) is 0.626. The first-order valence-corrected chi connectivity index (χ1v) is 9.15. The number of nitrogen functional groups attached to an aromatic ring is 1. The summed E-state index contributed by atoms with van der Waals surface area (Å²) in [5.74, 6) is 2.26. The lowest BCUT2D eigenvalue weighted by molar-refractivity contribution is 0.511. The fourth-order valence-electron chi connectivity index (χ4n) is 3.37. The average Bonchev–Trinajstić information content (AvgIpc) is 2.91. The molecule has 0 amide bonds. The van der Waals surface area contributed by atoms with Crippen molar-refractivity contribution in [1.82, 2.24) is 14.5 Å². The van der Waals surface area contributed by atoms with Gasteiger partial charge in [0.2, 0.25) is 0 Å². The van der Waals surface area contributed by atoms with Gasteiger partial charge in [-0.2, -0.15) is 0 Å². The Balaban J connectivity index is 2.13. The fraction of sp³-hybridized carbons (Fsp3) is 0.500. The second-order valence-electron chi connectivity index (χ2n) is 7.05. The summed E-state index contributed by atoms with van der Waals surface area (Å²) in [7, 11) is 0. The average molecular weight is 324 g/mol. The first kappa shape index (κ1) is 16.7. The molecule has 0 aliphatic carbocycles. The summed E-state index contributed by atoms with van der Waals surface area (Å²) in [6, 6.07) is 8.23. The van der Waals surface area contributed by atoms with Crippen LogP contribution in [0.3, 0.4) is 0 Å². The molecule has 0 saturated heterocycles. The van der Waals surface area contributed by atoms with E-state index in [1.165, 1.54) is 25.7 Å². The summed E-state index contributed by atoms with van der Waals surface area (Å²) in [6.07, 6.45) is 5.99. The summed E-state index contributed by atoms with van der Waals surface area (Å²) in [5.41, 5.74) is 9.19. The molecule has 3 rings (SSSR count). The van der Waals surface area contributed by atoms with Crippen molar-refractivity contribution < 1.29 is 0 Å². The van der Waals surface area contributed by atoms with Gasteiger partial charge in [0, 0.05) is 18.4 Å². The maximum Gasteiger partial charge on any atom is 0.152 e. The molecule has 2 aromatic heterocycles. The van der Waals surface area contributed by atoms with E-state index in [9.17, 15) is 0 Å². The first-order chi connectivity index (χ1) is 11.6. The van der Waals surface area contributed by atoms with Gasteiger partial charge in [-0.1, -0.05) is 58.2 Å². The van der Waals surface area contributed by atoms with Crippen LogP contribution in [0.5, 0.6) is 0 Å². The third-order valence-electron chi connectivity index (χ3n) is 4.49.